The molecule has 6 heteroatoms. The summed E-state index contributed by atoms with van der Waals surface area (Å²) < 4.78 is 5.16. The molecule has 2 rings (SSSR count). The third-order valence-corrected chi connectivity index (χ3v) is 3.37. The van der Waals surface area contributed by atoms with Gasteiger partial charge in [0.2, 0.25) is 0 Å². The van der Waals surface area contributed by atoms with Gasteiger partial charge in [0.25, 0.3) is 5.91 Å². The lowest BCUT2D eigenvalue weighted by molar-refractivity contribution is -0.132. The molecule has 1 amide bonds. The number of ether oxygens (including phenoxy) is 1. The Balaban J connectivity index is 2.33. The van der Waals surface area contributed by atoms with Crippen molar-refractivity contribution in [3.63, 3.8) is 0 Å². The van der Waals surface area contributed by atoms with Gasteiger partial charge in [0, 0.05) is 5.56 Å². The maximum atomic E-state index is 12.2. The molecular formula is C17H14ClNO4. The third-order valence-electron chi connectivity index (χ3n) is 3.04. The van der Waals surface area contributed by atoms with Gasteiger partial charge in [-0.15, -0.1) is 0 Å². The Kier molecular flexibility index (Phi) is 5.38. The number of nitrogens with one attached hydrogen (secondary N) is 1. The van der Waals surface area contributed by atoms with Gasteiger partial charge >= 0.3 is 5.97 Å². The quantitative estimate of drug-likeness (QED) is 0.825. The molecule has 5 nitrogen and oxygen atoms in total. The molecule has 0 fully saturated rings. The zero-order chi connectivity index (χ0) is 16.8. The minimum Gasteiger partial charge on any atom is -0.496 e. The minimum absolute atomic E-state index is 0.196. The smallest absolute Gasteiger partial charge is 0.352 e. The van der Waals surface area contributed by atoms with Crippen molar-refractivity contribution in [2.75, 3.05) is 7.11 Å². The van der Waals surface area contributed by atoms with Crippen LogP contribution in [0, 0.1) is 0 Å². The number of carbonyl (C=O) groups excluding carboxylic acids is 1. The first-order chi connectivity index (χ1) is 11.0. The van der Waals surface area contributed by atoms with E-state index >= 15 is 0 Å². The predicted octanol–water partition coefficient (Wildman–Crippen LogP) is 3.20. The zero-order valence-electron chi connectivity index (χ0n) is 12.2. The van der Waals surface area contributed by atoms with Crippen LogP contribution in [0.15, 0.2) is 54.2 Å². The molecule has 0 aliphatic carbocycles. The largest absolute Gasteiger partial charge is 0.496 e. The highest BCUT2D eigenvalue weighted by atomic mass is 35.5. The molecule has 2 N–H and O–H groups in total. The van der Waals surface area contributed by atoms with Gasteiger partial charge in [-0.1, -0.05) is 41.9 Å². The van der Waals surface area contributed by atoms with Crippen molar-refractivity contribution in [3.8, 4) is 5.75 Å². The van der Waals surface area contributed by atoms with E-state index in [1.807, 2.05) is 0 Å². The molecule has 0 atom stereocenters. The summed E-state index contributed by atoms with van der Waals surface area (Å²) in [7, 11) is 1.48. The highest BCUT2D eigenvalue weighted by Gasteiger charge is 2.16. The summed E-state index contributed by atoms with van der Waals surface area (Å²) in [5, 5.41) is 11.9. The number of hydrogen-bond donors (Lipinski definition) is 2. The van der Waals surface area contributed by atoms with Gasteiger partial charge in [-0.05, 0) is 24.3 Å². The number of methoxy groups -OCH3 is 1. The second-order valence-corrected chi connectivity index (χ2v) is 4.95. The molecule has 0 bridgehead atoms. The summed E-state index contributed by atoms with van der Waals surface area (Å²) in [5.74, 6) is -1.37. The van der Waals surface area contributed by atoms with Crippen molar-refractivity contribution in [1.82, 2.24) is 5.32 Å². The van der Waals surface area contributed by atoms with Gasteiger partial charge in [-0.2, -0.15) is 0 Å². The van der Waals surface area contributed by atoms with Crippen LogP contribution in [-0.2, 0) is 4.79 Å². The summed E-state index contributed by atoms with van der Waals surface area (Å²) in [6, 6.07) is 13.3. The Bertz CT molecular complexity index is 771. The summed E-state index contributed by atoms with van der Waals surface area (Å²) >= 11 is 5.94. The molecule has 0 aromatic heterocycles. The number of para-hydroxylation sites is 1. The number of carboxylic acid groups (broad SMARTS) is 1. The number of aliphatic carboxylic acids is 1. The average Bonchev–Trinajstić information content (AvgIpc) is 2.54. The molecule has 118 valence electrons. The van der Waals surface area contributed by atoms with Crippen molar-refractivity contribution in [2.45, 2.75) is 0 Å². The van der Waals surface area contributed by atoms with E-state index < -0.39 is 11.9 Å². The standard InChI is InChI=1S/C17H14ClNO4/c1-23-15-9-5-2-6-11(15)10-14(17(21)22)19-16(20)12-7-3-4-8-13(12)18/h2-10H,1H3,(H,19,20)(H,21,22). The normalized spacial score (nSPS) is 11.0. The maximum absolute atomic E-state index is 12.2. The van der Waals surface area contributed by atoms with Gasteiger partial charge in [-0.3, -0.25) is 4.79 Å². The van der Waals surface area contributed by atoms with E-state index in [0.29, 0.717) is 11.3 Å². The van der Waals surface area contributed by atoms with E-state index in [2.05, 4.69) is 5.32 Å². The number of halogens is 1. The third kappa shape index (κ3) is 4.11. The van der Waals surface area contributed by atoms with Crippen LogP contribution in [0.5, 0.6) is 5.75 Å². The molecule has 23 heavy (non-hydrogen) atoms. The fourth-order valence-corrected chi connectivity index (χ4v) is 2.15. The van der Waals surface area contributed by atoms with Gasteiger partial charge in [-0.25, -0.2) is 4.79 Å². The van der Waals surface area contributed by atoms with Crippen LogP contribution in [-0.4, -0.2) is 24.1 Å². The van der Waals surface area contributed by atoms with Crippen LogP contribution in [0.2, 0.25) is 5.02 Å². The first-order valence-corrected chi connectivity index (χ1v) is 7.04. The molecule has 0 heterocycles. The highest BCUT2D eigenvalue weighted by molar-refractivity contribution is 6.34. The van der Waals surface area contributed by atoms with Gasteiger partial charge in [0.15, 0.2) is 0 Å². The van der Waals surface area contributed by atoms with E-state index in [9.17, 15) is 14.7 Å². The highest BCUT2D eigenvalue weighted by Crippen LogP contribution is 2.20. The molecule has 0 saturated carbocycles. The van der Waals surface area contributed by atoms with Gasteiger partial charge in [0.1, 0.15) is 11.4 Å². The van der Waals surface area contributed by atoms with Crippen LogP contribution in [0.3, 0.4) is 0 Å². The van der Waals surface area contributed by atoms with Crippen molar-refractivity contribution in [1.29, 1.82) is 0 Å². The average molecular weight is 332 g/mol. The van der Waals surface area contributed by atoms with Crippen molar-refractivity contribution >= 4 is 29.6 Å². The molecule has 0 aliphatic heterocycles. The fourth-order valence-electron chi connectivity index (χ4n) is 1.93. The molecule has 2 aromatic rings. The molecule has 0 unspecified atom stereocenters. The lowest BCUT2D eigenvalue weighted by atomic mass is 10.1. The van der Waals surface area contributed by atoms with E-state index in [4.69, 9.17) is 16.3 Å². The second-order valence-electron chi connectivity index (χ2n) is 4.54. The number of carbonyl (C=O) groups is 2. The molecule has 2 aromatic carbocycles. The van der Waals surface area contributed by atoms with Gasteiger partial charge < -0.3 is 15.2 Å². The molecule has 0 radical (unpaired) electrons. The molecule has 0 spiro atoms. The minimum atomic E-state index is -1.27. The fraction of sp³-hybridized carbons (Fsp3) is 0.0588. The first-order valence-electron chi connectivity index (χ1n) is 6.67. The summed E-state index contributed by atoms with van der Waals surface area (Å²) in [6.07, 6.45) is 1.33. The first kappa shape index (κ1) is 16.6. The Morgan fingerprint density at radius 2 is 1.78 bits per heavy atom. The van der Waals surface area contributed by atoms with Crippen LogP contribution < -0.4 is 10.1 Å². The molecule has 0 saturated heterocycles. The van der Waals surface area contributed by atoms with Crippen LogP contribution in [0.1, 0.15) is 15.9 Å². The Morgan fingerprint density at radius 1 is 1.13 bits per heavy atom. The van der Waals surface area contributed by atoms with Crippen LogP contribution in [0.25, 0.3) is 6.08 Å². The second kappa shape index (κ2) is 7.47. The number of benzene rings is 2. The molecule has 0 aliphatic rings. The van der Waals surface area contributed by atoms with E-state index in [0.717, 1.165) is 0 Å². The monoisotopic (exact) mass is 331 g/mol. The number of hydrogen-bond acceptors (Lipinski definition) is 3. The number of rotatable bonds is 5. The van der Waals surface area contributed by atoms with E-state index in [-0.39, 0.29) is 16.3 Å². The number of amides is 1. The zero-order valence-corrected chi connectivity index (χ0v) is 13.0. The Hall–Kier alpha value is -2.79. The predicted molar refractivity (Wildman–Crippen MR) is 87.5 cm³/mol. The lowest BCUT2D eigenvalue weighted by Crippen LogP contribution is -2.27. The lowest BCUT2D eigenvalue weighted by Gasteiger charge is -2.09. The summed E-state index contributed by atoms with van der Waals surface area (Å²) in [6.45, 7) is 0. The SMILES string of the molecule is COc1ccccc1C=C(NC(=O)c1ccccc1Cl)C(=O)O. The van der Waals surface area contributed by atoms with Gasteiger partial charge in [0.05, 0.1) is 17.7 Å². The summed E-state index contributed by atoms with van der Waals surface area (Å²) in [4.78, 5) is 23.6. The maximum Gasteiger partial charge on any atom is 0.352 e. The topological polar surface area (TPSA) is 75.6 Å². The number of carboxylic acids is 1. The van der Waals surface area contributed by atoms with Crippen molar-refractivity contribution in [2.24, 2.45) is 0 Å². The molecular weight excluding hydrogens is 318 g/mol. The van der Waals surface area contributed by atoms with E-state index in [1.54, 1.807) is 42.5 Å². The van der Waals surface area contributed by atoms with E-state index in [1.165, 1.54) is 19.3 Å². The van der Waals surface area contributed by atoms with Crippen molar-refractivity contribution in [3.05, 3.63) is 70.4 Å². The summed E-state index contributed by atoms with van der Waals surface area (Å²) in [5.41, 5.74) is 0.452. The Labute approximate surface area is 138 Å². The Morgan fingerprint density at radius 3 is 2.43 bits per heavy atom. The van der Waals surface area contributed by atoms with Crippen LogP contribution >= 0.6 is 11.6 Å². The van der Waals surface area contributed by atoms with Crippen molar-refractivity contribution < 1.29 is 19.4 Å². The van der Waals surface area contributed by atoms with Crippen LogP contribution in [0.4, 0.5) is 0 Å².